The van der Waals surface area contributed by atoms with Gasteiger partial charge < -0.3 is 9.47 Å². The number of sulfone groups is 1. The van der Waals surface area contributed by atoms with Crippen molar-refractivity contribution in [2.45, 2.75) is 15.0 Å². The fourth-order valence-electron chi connectivity index (χ4n) is 2.94. The molecule has 1 atom stereocenters. The standard InChI is InChI=1S/C16H18O6S2/c1-21-12-8-9-13(22-2)16-15(12)14(10-23(16,17)18)24(19,20)11-6-4-3-5-7-11/h3-9,14,17-18H,10H2,1-2H3. The predicted molar refractivity (Wildman–Crippen MR) is 91.9 cm³/mol. The zero-order chi connectivity index (χ0) is 17.5. The molecular weight excluding hydrogens is 352 g/mol. The van der Waals surface area contributed by atoms with E-state index in [1.54, 1.807) is 30.3 Å². The average Bonchev–Trinajstić information content (AvgIpc) is 2.88. The first-order valence-electron chi connectivity index (χ1n) is 7.12. The molecule has 6 nitrogen and oxygen atoms in total. The summed E-state index contributed by atoms with van der Waals surface area (Å²) in [5, 5.41) is -1.11. The maximum Gasteiger partial charge on any atom is 0.187 e. The Morgan fingerprint density at radius 2 is 1.58 bits per heavy atom. The fraction of sp³-hybridized carbons (Fsp3) is 0.250. The third-order valence-corrected chi connectivity index (χ3v) is 8.20. The highest BCUT2D eigenvalue weighted by molar-refractivity contribution is 8.25. The molecule has 3 rings (SSSR count). The number of ether oxygens (including phenoxy) is 2. The summed E-state index contributed by atoms with van der Waals surface area (Å²) in [5.74, 6) is 0.236. The predicted octanol–water partition coefficient (Wildman–Crippen LogP) is 3.34. The van der Waals surface area contributed by atoms with Crippen LogP contribution in [0.5, 0.6) is 11.5 Å². The Bertz CT molecular complexity index is 862. The van der Waals surface area contributed by atoms with Gasteiger partial charge in [0.1, 0.15) is 21.6 Å². The zero-order valence-electron chi connectivity index (χ0n) is 13.2. The van der Waals surface area contributed by atoms with Gasteiger partial charge in [0.15, 0.2) is 9.84 Å². The molecule has 8 heteroatoms. The molecule has 2 aromatic rings. The van der Waals surface area contributed by atoms with Crippen molar-refractivity contribution in [2.24, 2.45) is 0 Å². The second-order valence-corrected chi connectivity index (χ2v) is 9.60. The summed E-state index contributed by atoms with van der Waals surface area (Å²) in [7, 11) is -4.31. The first-order chi connectivity index (χ1) is 11.3. The molecule has 0 aromatic heterocycles. The molecule has 0 radical (unpaired) electrons. The van der Waals surface area contributed by atoms with Gasteiger partial charge in [-0.05, 0) is 24.3 Å². The van der Waals surface area contributed by atoms with Crippen molar-refractivity contribution >= 4 is 20.4 Å². The zero-order valence-corrected chi connectivity index (χ0v) is 14.8. The molecule has 0 amide bonds. The van der Waals surface area contributed by atoms with E-state index in [0.29, 0.717) is 5.75 Å². The molecule has 24 heavy (non-hydrogen) atoms. The van der Waals surface area contributed by atoms with Crippen molar-refractivity contribution < 1.29 is 27.0 Å². The Hall–Kier alpha value is -1.74. The van der Waals surface area contributed by atoms with Gasteiger partial charge >= 0.3 is 0 Å². The van der Waals surface area contributed by atoms with Crippen LogP contribution in [-0.4, -0.2) is 37.5 Å². The molecule has 0 fully saturated rings. The maximum absolute atomic E-state index is 13.0. The average molecular weight is 370 g/mol. The van der Waals surface area contributed by atoms with Crippen LogP contribution in [0.3, 0.4) is 0 Å². The molecule has 1 aliphatic heterocycles. The minimum Gasteiger partial charge on any atom is -0.496 e. The lowest BCUT2D eigenvalue weighted by molar-refractivity contribution is 0.386. The second kappa shape index (κ2) is 5.96. The molecule has 0 saturated heterocycles. The van der Waals surface area contributed by atoms with Crippen LogP contribution in [0.15, 0.2) is 52.3 Å². The maximum atomic E-state index is 13.0. The van der Waals surface area contributed by atoms with E-state index in [9.17, 15) is 17.5 Å². The van der Waals surface area contributed by atoms with Gasteiger partial charge in [-0.2, -0.15) is 10.6 Å². The van der Waals surface area contributed by atoms with Gasteiger partial charge in [0.05, 0.1) is 24.9 Å². The van der Waals surface area contributed by atoms with Crippen molar-refractivity contribution in [1.29, 1.82) is 0 Å². The van der Waals surface area contributed by atoms with Gasteiger partial charge in [0.25, 0.3) is 0 Å². The van der Waals surface area contributed by atoms with E-state index >= 15 is 0 Å². The van der Waals surface area contributed by atoms with Crippen LogP contribution in [0.25, 0.3) is 0 Å². The highest BCUT2D eigenvalue weighted by Gasteiger charge is 2.47. The van der Waals surface area contributed by atoms with Crippen molar-refractivity contribution in [3.05, 3.63) is 48.0 Å². The van der Waals surface area contributed by atoms with Crippen molar-refractivity contribution in [2.75, 3.05) is 20.0 Å². The Kier molecular flexibility index (Phi) is 4.25. The van der Waals surface area contributed by atoms with E-state index in [4.69, 9.17) is 9.47 Å². The van der Waals surface area contributed by atoms with Crippen molar-refractivity contribution in [1.82, 2.24) is 0 Å². The molecule has 0 aliphatic carbocycles. The first-order valence-corrected chi connectivity index (χ1v) is 10.4. The summed E-state index contributed by atoms with van der Waals surface area (Å²) < 4.78 is 57.6. The smallest absolute Gasteiger partial charge is 0.187 e. The van der Waals surface area contributed by atoms with Gasteiger partial charge in [-0.3, -0.25) is 9.11 Å². The van der Waals surface area contributed by atoms with Gasteiger partial charge in [-0.15, -0.1) is 0 Å². The van der Waals surface area contributed by atoms with Crippen LogP contribution in [0.2, 0.25) is 0 Å². The third-order valence-electron chi connectivity index (χ3n) is 4.04. The van der Waals surface area contributed by atoms with Crippen LogP contribution < -0.4 is 9.47 Å². The summed E-state index contributed by atoms with van der Waals surface area (Å²) in [5.41, 5.74) is 0.265. The molecule has 0 saturated carbocycles. The molecule has 130 valence electrons. The van der Waals surface area contributed by atoms with Crippen molar-refractivity contribution in [3.8, 4) is 11.5 Å². The van der Waals surface area contributed by atoms with E-state index in [2.05, 4.69) is 0 Å². The van der Waals surface area contributed by atoms with Crippen LogP contribution in [-0.2, 0) is 9.84 Å². The summed E-state index contributed by atoms with van der Waals surface area (Å²) in [6.07, 6.45) is 0. The van der Waals surface area contributed by atoms with E-state index in [1.165, 1.54) is 26.4 Å². The van der Waals surface area contributed by atoms with Gasteiger partial charge in [-0.1, -0.05) is 18.2 Å². The monoisotopic (exact) mass is 370 g/mol. The lowest BCUT2D eigenvalue weighted by Gasteiger charge is -2.28. The normalized spacial score (nSPS) is 20.2. The number of hydrogen-bond acceptors (Lipinski definition) is 6. The highest BCUT2D eigenvalue weighted by atomic mass is 32.3. The Morgan fingerprint density at radius 3 is 2.17 bits per heavy atom. The molecule has 2 aromatic carbocycles. The molecule has 1 heterocycles. The van der Waals surface area contributed by atoms with Crippen LogP contribution in [0, 0.1) is 0 Å². The summed E-state index contributed by atoms with van der Waals surface area (Å²) in [4.78, 5) is 0.247. The lowest BCUT2D eigenvalue weighted by atomic mass is 10.1. The van der Waals surface area contributed by atoms with Crippen LogP contribution >= 0.6 is 10.6 Å². The molecule has 2 N–H and O–H groups in total. The Balaban J connectivity index is 2.26. The minimum atomic E-state index is -3.82. The molecule has 0 spiro atoms. The van der Waals surface area contributed by atoms with E-state index in [-0.39, 0.29) is 26.9 Å². The first kappa shape index (κ1) is 17.1. The number of methoxy groups -OCH3 is 2. The van der Waals surface area contributed by atoms with Gasteiger partial charge in [-0.25, -0.2) is 8.42 Å². The molecule has 0 bridgehead atoms. The quantitative estimate of drug-likeness (QED) is 0.857. The van der Waals surface area contributed by atoms with Crippen molar-refractivity contribution in [3.63, 3.8) is 0 Å². The number of fused-ring (bicyclic) bond motifs is 1. The Morgan fingerprint density at radius 1 is 1.00 bits per heavy atom. The van der Waals surface area contributed by atoms with Gasteiger partial charge in [0.2, 0.25) is 0 Å². The SMILES string of the molecule is COc1ccc(OC)c2c1C(S(=O)(=O)c1ccccc1)CS2(O)O. The van der Waals surface area contributed by atoms with Crippen LogP contribution in [0.1, 0.15) is 10.8 Å². The minimum absolute atomic E-state index is 0.119. The topological polar surface area (TPSA) is 93.1 Å². The summed E-state index contributed by atoms with van der Waals surface area (Å²) >= 11 is 0. The number of rotatable bonds is 4. The second-order valence-electron chi connectivity index (χ2n) is 5.39. The highest BCUT2D eigenvalue weighted by Crippen LogP contribution is 2.66. The van der Waals surface area contributed by atoms with E-state index in [0.717, 1.165) is 0 Å². The fourth-order valence-corrected chi connectivity index (χ4v) is 7.53. The number of benzene rings is 2. The lowest BCUT2D eigenvalue weighted by Crippen LogP contribution is -2.15. The largest absolute Gasteiger partial charge is 0.496 e. The molecular formula is C16H18O6S2. The van der Waals surface area contributed by atoms with Gasteiger partial charge in [0, 0.05) is 5.56 Å². The number of hydrogen-bond donors (Lipinski definition) is 2. The summed E-state index contributed by atoms with van der Waals surface area (Å²) in [6, 6.07) is 11.1. The van der Waals surface area contributed by atoms with E-state index in [1.807, 2.05) is 0 Å². The molecule has 1 aliphatic rings. The summed E-state index contributed by atoms with van der Waals surface area (Å²) in [6.45, 7) is 0. The van der Waals surface area contributed by atoms with Crippen LogP contribution in [0.4, 0.5) is 0 Å². The van der Waals surface area contributed by atoms with E-state index < -0.39 is 25.7 Å². The third kappa shape index (κ3) is 2.55. The Labute approximate surface area is 142 Å². The molecule has 1 unspecified atom stereocenters.